The Labute approximate surface area is 140 Å². The zero-order valence-corrected chi connectivity index (χ0v) is 14.1. The summed E-state index contributed by atoms with van der Waals surface area (Å²) in [5, 5.41) is 11.9. The maximum Gasteiger partial charge on any atom is 0.243 e. The molecule has 2 aromatic carbocycles. The van der Waals surface area contributed by atoms with Gasteiger partial charge in [0.25, 0.3) is 0 Å². The van der Waals surface area contributed by atoms with Gasteiger partial charge in [-0.3, -0.25) is 4.79 Å². The molecule has 0 fully saturated rings. The first kappa shape index (κ1) is 17.8. The fraction of sp³-hybridized carbons (Fsp3) is 0.188. The Balaban J connectivity index is 2.06. The molecule has 2 N–H and O–H groups in total. The van der Waals surface area contributed by atoms with E-state index in [4.69, 9.17) is 4.74 Å². The molecule has 0 aliphatic heterocycles. The molecular formula is C16H18N2O5S. The number of carbonyl (C=O) groups is 1. The van der Waals surface area contributed by atoms with Gasteiger partial charge in [0.1, 0.15) is 11.5 Å². The zero-order valence-electron chi connectivity index (χ0n) is 13.3. The van der Waals surface area contributed by atoms with E-state index >= 15 is 0 Å². The predicted molar refractivity (Wildman–Crippen MR) is 89.5 cm³/mol. The fourth-order valence-corrected chi connectivity index (χ4v) is 3.13. The molecule has 2 rings (SSSR count). The van der Waals surface area contributed by atoms with Crippen molar-refractivity contribution in [1.29, 1.82) is 0 Å². The number of nitrogens with one attached hydrogen (secondary N) is 1. The first-order valence-electron chi connectivity index (χ1n) is 7.02. The number of hydrogen-bond acceptors (Lipinski definition) is 5. The van der Waals surface area contributed by atoms with Crippen LogP contribution in [0.5, 0.6) is 11.5 Å². The Hall–Kier alpha value is -2.58. The van der Waals surface area contributed by atoms with Crippen LogP contribution in [0.2, 0.25) is 0 Å². The largest absolute Gasteiger partial charge is 0.508 e. The molecule has 1 amide bonds. The lowest BCUT2D eigenvalue weighted by Gasteiger charge is -2.17. The maximum absolute atomic E-state index is 12.4. The van der Waals surface area contributed by atoms with Gasteiger partial charge < -0.3 is 15.2 Å². The topological polar surface area (TPSA) is 95.9 Å². The highest BCUT2D eigenvalue weighted by Gasteiger charge is 2.23. The molecule has 0 heterocycles. The second-order valence-corrected chi connectivity index (χ2v) is 7.08. The molecule has 0 aromatic heterocycles. The van der Waals surface area contributed by atoms with Crippen molar-refractivity contribution >= 4 is 21.6 Å². The molecule has 0 saturated heterocycles. The number of phenolic OH excluding ortho intramolecular Hbond substituents is 1. The number of rotatable bonds is 6. The Morgan fingerprint density at radius 3 is 2.46 bits per heavy atom. The minimum absolute atomic E-state index is 0.00649. The molecule has 0 aliphatic rings. The third kappa shape index (κ3) is 4.24. The molecule has 0 aliphatic carbocycles. The van der Waals surface area contributed by atoms with E-state index in [0.29, 0.717) is 11.4 Å². The van der Waals surface area contributed by atoms with E-state index in [-0.39, 0.29) is 17.2 Å². The highest BCUT2D eigenvalue weighted by atomic mass is 32.2. The second-order valence-electron chi connectivity index (χ2n) is 5.04. The van der Waals surface area contributed by atoms with Gasteiger partial charge in [-0.2, -0.15) is 4.31 Å². The SMILES string of the molecule is COc1ccc(S(=O)(=O)N(C)CC(=O)Nc2cccc(O)c2)cc1. The monoisotopic (exact) mass is 350 g/mol. The summed E-state index contributed by atoms with van der Waals surface area (Å²) >= 11 is 0. The van der Waals surface area contributed by atoms with Crippen molar-refractivity contribution in [2.45, 2.75) is 4.90 Å². The smallest absolute Gasteiger partial charge is 0.243 e. The van der Waals surface area contributed by atoms with Crippen LogP contribution in [0, 0.1) is 0 Å². The van der Waals surface area contributed by atoms with Gasteiger partial charge in [-0.15, -0.1) is 0 Å². The lowest BCUT2D eigenvalue weighted by atomic mass is 10.3. The molecule has 128 valence electrons. The average Bonchev–Trinajstić information content (AvgIpc) is 2.54. The summed E-state index contributed by atoms with van der Waals surface area (Å²) in [5.74, 6) is 0.0328. The number of ether oxygens (including phenoxy) is 1. The van der Waals surface area contributed by atoms with Gasteiger partial charge in [0.05, 0.1) is 18.6 Å². The highest BCUT2D eigenvalue weighted by molar-refractivity contribution is 7.89. The van der Waals surface area contributed by atoms with E-state index in [1.807, 2.05) is 0 Å². The van der Waals surface area contributed by atoms with Crippen molar-refractivity contribution in [3.63, 3.8) is 0 Å². The van der Waals surface area contributed by atoms with Crippen molar-refractivity contribution in [3.05, 3.63) is 48.5 Å². The number of carbonyl (C=O) groups excluding carboxylic acids is 1. The van der Waals surface area contributed by atoms with Crippen LogP contribution >= 0.6 is 0 Å². The Morgan fingerprint density at radius 1 is 1.21 bits per heavy atom. The Bertz CT molecular complexity index is 819. The molecule has 0 spiro atoms. The van der Waals surface area contributed by atoms with Crippen molar-refractivity contribution in [2.24, 2.45) is 0 Å². The summed E-state index contributed by atoms with van der Waals surface area (Å²) in [6.07, 6.45) is 0. The van der Waals surface area contributed by atoms with Crippen LogP contribution in [0.1, 0.15) is 0 Å². The molecule has 0 unspecified atom stereocenters. The van der Waals surface area contributed by atoms with E-state index in [2.05, 4.69) is 5.32 Å². The van der Waals surface area contributed by atoms with Gasteiger partial charge in [-0.05, 0) is 36.4 Å². The average molecular weight is 350 g/mol. The summed E-state index contributed by atoms with van der Waals surface area (Å²) in [6, 6.07) is 11.9. The molecular weight excluding hydrogens is 332 g/mol. The number of hydrogen-bond donors (Lipinski definition) is 2. The fourth-order valence-electron chi connectivity index (χ4n) is 2.00. The molecule has 0 atom stereocenters. The van der Waals surface area contributed by atoms with Crippen LogP contribution in [0.15, 0.2) is 53.4 Å². The van der Waals surface area contributed by atoms with Crippen LogP contribution in [0.25, 0.3) is 0 Å². The quantitative estimate of drug-likeness (QED) is 0.826. The van der Waals surface area contributed by atoms with Crippen LogP contribution < -0.4 is 10.1 Å². The number of sulfonamides is 1. The summed E-state index contributed by atoms with van der Waals surface area (Å²) in [5.41, 5.74) is 0.384. The van der Waals surface area contributed by atoms with E-state index < -0.39 is 15.9 Å². The van der Waals surface area contributed by atoms with Crippen molar-refractivity contribution in [2.75, 3.05) is 26.0 Å². The van der Waals surface area contributed by atoms with Gasteiger partial charge in [-0.1, -0.05) is 6.07 Å². The predicted octanol–water partition coefficient (Wildman–Crippen LogP) is 1.66. The molecule has 8 heteroatoms. The summed E-state index contributed by atoms with van der Waals surface area (Å²) in [4.78, 5) is 12.1. The Morgan fingerprint density at radius 2 is 1.88 bits per heavy atom. The minimum atomic E-state index is -3.79. The van der Waals surface area contributed by atoms with E-state index in [0.717, 1.165) is 4.31 Å². The number of amides is 1. The van der Waals surface area contributed by atoms with Gasteiger partial charge >= 0.3 is 0 Å². The first-order chi connectivity index (χ1) is 11.3. The number of nitrogens with zero attached hydrogens (tertiary/aromatic N) is 1. The van der Waals surface area contributed by atoms with Gasteiger partial charge in [-0.25, -0.2) is 8.42 Å². The van der Waals surface area contributed by atoms with Gasteiger partial charge in [0.2, 0.25) is 15.9 Å². The third-order valence-corrected chi connectivity index (χ3v) is 5.08. The number of benzene rings is 2. The molecule has 0 bridgehead atoms. The van der Waals surface area contributed by atoms with Crippen molar-refractivity contribution in [3.8, 4) is 11.5 Å². The van der Waals surface area contributed by atoms with E-state index in [9.17, 15) is 18.3 Å². The number of phenols is 1. The van der Waals surface area contributed by atoms with Crippen molar-refractivity contribution < 1.29 is 23.1 Å². The second kappa shape index (κ2) is 7.33. The maximum atomic E-state index is 12.4. The van der Waals surface area contributed by atoms with Gasteiger partial charge in [0, 0.05) is 18.8 Å². The molecule has 24 heavy (non-hydrogen) atoms. The molecule has 7 nitrogen and oxygen atoms in total. The number of likely N-dealkylation sites (N-methyl/N-ethyl adjacent to an activating group) is 1. The normalized spacial score (nSPS) is 11.3. The lowest BCUT2D eigenvalue weighted by Crippen LogP contribution is -2.34. The van der Waals surface area contributed by atoms with Crippen LogP contribution in [0.4, 0.5) is 5.69 Å². The molecule has 0 saturated carbocycles. The van der Waals surface area contributed by atoms with Crippen LogP contribution in [-0.2, 0) is 14.8 Å². The number of aromatic hydroxyl groups is 1. The number of methoxy groups -OCH3 is 1. The zero-order chi connectivity index (χ0) is 17.7. The third-order valence-electron chi connectivity index (χ3n) is 3.26. The summed E-state index contributed by atoms with van der Waals surface area (Å²) < 4.78 is 30.8. The lowest BCUT2D eigenvalue weighted by molar-refractivity contribution is -0.116. The molecule has 0 radical (unpaired) electrons. The molecule has 2 aromatic rings. The van der Waals surface area contributed by atoms with E-state index in [1.165, 1.54) is 50.6 Å². The Kier molecular flexibility index (Phi) is 5.42. The van der Waals surface area contributed by atoms with Crippen LogP contribution in [-0.4, -0.2) is 44.4 Å². The first-order valence-corrected chi connectivity index (χ1v) is 8.46. The highest BCUT2D eigenvalue weighted by Crippen LogP contribution is 2.19. The minimum Gasteiger partial charge on any atom is -0.508 e. The van der Waals surface area contributed by atoms with E-state index in [1.54, 1.807) is 12.1 Å². The summed E-state index contributed by atoms with van der Waals surface area (Å²) in [7, 11) is -0.983. The summed E-state index contributed by atoms with van der Waals surface area (Å²) in [6.45, 7) is -0.357. The van der Waals surface area contributed by atoms with Crippen LogP contribution in [0.3, 0.4) is 0 Å². The van der Waals surface area contributed by atoms with Gasteiger partial charge in [0.15, 0.2) is 0 Å². The standard InChI is InChI=1S/C16H18N2O5S/c1-18(11-16(20)17-12-4-3-5-13(19)10-12)24(21,22)15-8-6-14(23-2)7-9-15/h3-10,19H,11H2,1-2H3,(H,17,20). The number of anilines is 1. The van der Waals surface area contributed by atoms with Crippen molar-refractivity contribution in [1.82, 2.24) is 4.31 Å².